The van der Waals surface area contributed by atoms with Crippen molar-refractivity contribution in [3.8, 4) is 22.8 Å². The molecule has 0 saturated heterocycles. The number of ether oxygens (including phenoxy) is 3. The van der Waals surface area contributed by atoms with Crippen molar-refractivity contribution in [3.63, 3.8) is 0 Å². The molecule has 0 saturated carbocycles. The average Bonchev–Trinajstić information content (AvgIpc) is 3.67. The summed E-state index contributed by atoms with van der Waals surface area (Å²) in [4.78, 5) is 42.9. The maximum absolute atomic E-state index is 13.8. The summed E-state index contributed by atoms with van der Waals surface area (Å²) in [6.45, 7) is 5.34. The Morgan fingerprint density at radius 1 is 1.17 bits per heavy atom. The zero-order valence-corrected chi connectivity index (χ0v) is 23.0. The third-order valence-corrected chi connectivity index (χ3v) is 7.80. The molecule has 4 heterocycles. The summed E-state index contributed by atoms with van der Waals surface area (Å²) >= 11 is 1.16. The second-order valence-electron chi connectivity index (χ2n) is 9.38. The van der Waals surface area contributed by atoms with Crippen LogP contribution in [0.5, 0.6) is 11.5 Å². The van der Waals surface area contributed by atoms with Crippen molar-refractivity contribution >= 4 is 29.1 Å². The Balaban J connectivity index is 1.45. The van der Waals surface area contributed by atoms with Crippen LogP contribution in [0.25, 0.3) is 17.4 Å². The number of rotatable bonds is 6. The molecule has 0 fully saturated rings. The lowest BCUT2D eigenvalue weighted by Crippen LogP contribution is -2.39. The number of thiazole rings is 1. The van der Waals surface area contributed by atoms with E-state index < -0.39 is 16.9 Å². The van der Waals surface area contributed by atoms with E-state index in [0.29, 0.717) is 54.7 Å². The van der Waals surface area contributed by atoms with Crippen LogP contribution in [0, 0.1) is 17.0 Å². The van der Waals surface area contributed by atoms with Gasteiger partial charge in [-0.3, -0.25) is 19.5 Å². The van der Waals surface area contributed by atoms with E-state index in [2.05, 4.69) is 4.99 Å². The fraction of sp³-hybridized carbons (Fsp3) is 0.207. The molecule has 0 amide bonds. The molecule has 0 spiro atoms. The third kappa shape index (κ3) is 4.61. The standard InChI is InChI=1S/C29H23N3O8S/c1-4-37-28(34)25-16(3)30-29-31(26(25)18-7-9-22-23(12-18)39-14-38-22)27(33)24(41-29)13-19-8-10-21(40-19)17-6-5-15(2)20(11-17)32(35)36/h5-13,26H,4,14H2,1-3H3/b24-13+/t26-/m0/s1. The van der Waals surface area contributed by atoms with Crippen LogP contribution in [0.15, 0.2) is 74.0 Å². The van der Waals surface area contributed by atoms with Gasteiger partial charge in [0.2, 0.25) is 6.79 Å². The van der Waals surface area contributed by atoms with E-state index in [4.69, 9.17) is 18.6 Å². The summed E-state index contributed by atoms with van der Waals surface area (Å²) in [5, 5.41) is 11.4. The Kier molecular flexibility index (Phi) is 6.54. The van der Waals surface area contributed by atoms with Gasteiger partial charge in [-0.05, 0) is 50.6 Å². The molecule has 1 atom stereocenters. The predicted octanol–water partition coefficient (Wildman–Crippen LogP) is 4.00. The molecule has 4 aromatic rings. The number of nitro groups is 1. The fourth-order valence-corrected chi connectivity index (χ4v) is 5.89. The molecule has 2 aliphatic heterocycles. The summed E-state index contributed by atoms with van der Waals surface area (Å²) in [6.07, 6.45) is 1.59. The second kappa shape index (κ2) is 10.2. The first-order valence-electron chi connectivity index (χ1n) is 12.7. The number of nitrogens with zero attached hydrogens (tertiary/aromatic N) is 3. The van der Waals surface area contributed by atoms with Gasteiger partial charge in [-0.25, -0.2) is 9.79 Å². The minimum Gasteiger partial charge on any atom is -0.463 e. The quantitative estimate of drug-likeness (QED) is 0.192. The van der Waals surface area contributed by atoms with Crippen LogP contribution in [0.4, 0.5) is 5.69 Å². The summed E-state index contributed by atoms with van der Waals surface area (Å²) < 4.78 is 24.1. The highest BCUT2D eigenvalue weighted by atomic mass is 32.1. The SMILES string of the molecule is CCOC(=O)C1=C(C)N=c2s/c(=C/c3ccc(-c4ccc(C)c([N+](=O)[O-])c4)o3)c(=O)n2[C@H]1c1ccc2c(c1)OCO2. The molecule has 0 bridgehead atoms. The smallest absolute Gasteiger partial charge is 0.338 e. The van der Waals surface area contributed by atoms with Crippen molar-refractivity contribution in [3.05, 3.63) is 106 Å². The molecule has 0 radical (unpaired) electrons. The molecule has 0 N–H and O–H groups in total. The third-order valence-electron chi connectivity index (χ3n) is 6.82. The molecule has 11 nitrogen and oxygen atoms in total. The first kappa shape index (κ1) is 26.3. The molecule has 6 rings (SSSR count). The number of hydrogen-bond donors (Lipinski definition) is 0. The number of nitro benzene ring substituents is 1. The van der Waals surface area contributed by atoms with Gasteiger partial charge in [0.15, 0.2) is 16.3 Å². The first-order valence-corrected chi connectivity index (χ1v) is 13.5. The lowest BCUT2D eigenvalue weighted by Gasteiger charge is -2.24. The van der Waals surface area contributed by atoms with E-state index in [1.54, 1.807) is 69.3 Å². The molecule has 41 heavy (non-hydrogen) atoms. The van der Waals surface area contributed by atoms with Gasteiger partial charge in [-0.15, -0.1) is 0 Å². The van der Waals surface area contributed by atoms with Crippen molar-refractivity contribution in [1.29, 1.82) is 0 Å². The van der Waals surface area contributed by atoms with Crippen molar-refractivity contribution in [1.82, 2.24) is 4.57 Å². The maximum Gasteiger partial charge on any atom is 0.338 e. The number of aromatic nitrogens is 1. The number of benzene rings is 2. The van der Waals surface area contributed by atoms with Crippen LogP contribution in [-0.4, -0.2) is 28.9 Å². The van der Waals surface area contributed by atoms with Gasteiger partial charge in [0.1, 0.15) is 11.5 Å². The Labute approximate surface area is 236 Å². The number of esters is 1. The van der Waals surface area contributed by atoms with Crippen LogP contribution in [0.1, 0.15) is 36.8 Å². The minimum atomic E-state index is -0.804. The number of aryl methyl sites for hydroxylation is 1. The molecule has 208 valence electrons. The highest BCUT2D eigenvalue weighted by Gasteiger charge is 2.34. The molecule has 0 aliphatic carbocycles. The van der Waals surface area contributed by atoms with Gasteiger partial charge in [-0.2, -0.15) is 0 Å². The Morgan fingerprint density at radius 2 is 1.98 bits per heavy atom. The van der Waals surface area contributed by atoms with Gasteiger partial charge in [0, 0.05) is 23.3 Å². The minimum absolute atomic E-state index is 0.00921. The van der Waals surface area contributed by atoms with Crippen LogP contribution >= 0.6 is 11.3 Å². The van der Waals surface area contributed by atoms with E-state index >= 15 is 0 Å². The number of furan rings is 1. The number of carbonyl (C=O) groups is 1. The van der Waals surface area contributed by atoms with Crippen molar-refractivity contribution in [2.24, 2.45) is 4.99 Å². The van der Waals surface area contributed by atoms with Crippen LogP contribution in [-0.2, 0) is 9.53 Å². The monoisotopic (exact) mass is 573 g/mol. The summed E-state index contributed by atoms with van der Waals surface area (Å²) in [5.74, 6) is 1.34. The van der Waals surface area contributed by atoms with Gasteiger partial charge in [0.05, 0.1) is 33.4 Å². The van der Waals surface area contributed by atoms with Crippen LogP contribution in [0.3, 0.4) is 0 Å². The van der Waals surface area contributed by atoms with E-state index in [0.717, 1.165) is 11.3 Å². The number of fused-ring (bicyclic) bond motifs is 2. The number of hydrogen-bond acceptors (Lipinski definition) is 10. The average molecular weight is 574 g/mol. The Bertz CT molecular complexity index is 1950. The lowest BCUT2D eigenvalue weighted by molar-refractivity contribution is -0.385. The Morgan fingerprint density at radius 3 is 2.76 bits per heavy atom. The van der Waals surface area contributed by atoms with Gasteiger partial charge >= 0.3 is 5.97 Å². The van der Waals surface area contributed by atoms with E-state index in [-0.39, 0.29) is 30.2 Å². The summed E-state index contributed by atoms with van der Waals surface area (Å²) in [6, 6.07) is 12.7. The maximum atomic E-state index is 13.8. The normalized spacial score (nSPS) is 16.0. The molecule has 2 aromatic heterocycles. The molecular formula is C29H23N3O8S. The van der Waals surface area contributed by atoms with Crippen molar-refractivity contribution in [2.45, 2.75) is 26.8 Å². The summed E-state index contributed by atoms with van der Waals surface area (Å²) in [7, 11) is 0. The summed E-state index contributed by atoms with van der Waals surface area (Å²) in [5.41, 5.74) is 2.05. The predicted molar refractivity (Wildman–Crippen MR) is 148 cm³/mol. The number of allylic oxidation sites excluding steroid dienone is 1. The van der Waals surface area contributed by atoms with Gasteiger partial charge < -0.3 is 18.6 Å². The van der Waals surface area contributed by atoms with E-state index in [1.807, 2.05) is 0 Å². The van der Waals surface area contributed by atoms with Crippen LogP contribution in [0.2, 0.25) is 0 Å². The molecule has 12 heteroatoms. The second-order valence-corrected chi connectivity index (χ2v) is 10.4. The largest absolute Gasteiger partial charge is 0.463 e. The zero-order chi connectivity index (χ0) is 28.8. The Hall–Kier alpha value is -4.97. The van der Waals surface area contributed by atoms with E-state index in [1.165, 1.54) is 10.6 Å². The molecular weight excluding hydrogens is 550 g/mol. The topological polar surface area (TPSA) is 135 Å². The van der Waals surface area contributed by atoms with Gasteiger partial charge in [-0.1, -0.05) is 29.5 Å². The highest BCUT2D eigenvalue weighted by molar-refractivity contribution is 7.07. The van der Waals surface area contributed by atoms with E-state index in [9.17, 15) is 19.7 Å². The first-order chi connectivity index (χ1) is 19.7. The van der Waals surface area contributed by atoms with Crippen molar-refractivity contribution < 1.29 is 28.3 Å². The highest BCUT2D eigenvalue weighted by Crippen LogP contribution is 2.38. The van der Waals surface area contributed by atoms with Gasteiger partial charge in [0.25, 0.3) is 11.2 Å². The number of carbonyl (C=O) groups excluding carboxylic acids is 1. The lowest BCUT2D eigenvalue weighted by atomic mass is 9.95. The van der Waals surface area contributed by atoms with Crippen molar-refractivity contribution in [2.75, 3.05) is 13.4 Å². The fourth-order valence-electron chi connectivity index (χ4n) is 4.86. The molecule has 2 aliphatic rings. The molecule has 0 unspecified atom stereocenters. The molecule has 2 aromatic carbocycles. The van der Waals surface area contributed by atoms with Crippen LogP contribution < -0.4 is 24.4 Å². The zero-order valence-electron chi connectivity index (χ0n) is 22.2.